The van der Waals surface area contributed by atoms with Crippen LogP contribution in [-0.4, -0.2) is 34.1 Å². The van der Waals surface area contributed by atoms with Gasteiger partial charge in [0.05, 0.1) is 6.61 Å². The number of aromatic nitrogens is 2. The molecule has 0 aliphatic carbocycles. The summed E-state index contributed by atoms with van der Waals surface area (Å²) in [6, 6.07) is 1.67. The molecule has 2 aromatic rings. The van der Waals surface area contributed by atoms with E-state index in [1.165, 1.54) is 5.56 Å². The van der Waals surface area contributed by atoms with Gasteiger partial charge in [0, 0.05) is 38.2 Å². The van der Waals surface area contributed by atoms with E-state index in [1.54, 1.807) is 17.9 Å². The Balaban J connectivity index is 1.71. The molecule has 6 heteroatoms. The number of nitrogens with zero attached hydrogens (tertiary/aromatic N) is 3. The van der Waals surface area contributed by atoms with Gasteiger partial charge in [0.25, 0.3) is 5.91 Å². The third kappa shape index (κ3) is 3.64. The fraction of sp³-hybridized carbons (Fsp3) is 0.500. The maximum atomic E-state index is 12.5. The standard InChI is InChI=1S/C18H23N3O3/c1-12(2)10-23-11-15-8-19-7-14-9-21(5-4-16(14)15)18(22)17-6-13(3)24-20-17/h6-8,12H,4-5,9-11H2,1-3H3. The molecule has 1 amide bonds. The number of rotatable bonds is 5. The number of aryl methyl sites for hydroxylation is 1. The van der Waals surface area contributed by atoms with E-state index in [2.05, 4.69) is 24.0 Å². The zero-order chi connectivity index (χ0) is 17.1. The lowest BCUT2D eigenvalue weighted by Crippen LogP contribution is -2.36. The van der Waals surface area contributed by atoms with Gasteiger partial charge >= 0.3 is 0 Å². The first-order chi connectivity index (χ1) is 11.5. The van der Waals surface area contributed by atoms with Gasteiger partial charge < -0.3 is 14.2 Å². The van der Waals surface area contributed by atoms with E-state index in [4.69, 9.17) is 9.26 Å². The molecule has 0 saturated heterocycles. The predicted octanol–water partition coefficient (Wildman–Crippen LogP) is 2.75. The summed E-state index contributed by atoms with van der Waals surface area (Å²) in [4.78, 5) is 18.6. The van der Waals surface area contributed by atoms with Crippen LogP contribution < -0.4 is 0 Å². The summed E-state index contributed by atoms with van der Waals surface area (Å²) in [7, 11) is 0. The monoisotopic (exact) mass is 329 g/mol. The van der Waals surface area contributed by atoms with Gasteiger partial charge in [-0.1, -0.05) is 19.0 Å². The molecular weight excluding hydrogens is 306 g/mol. The third-order valence-electron chi connectivity index (χ3n) is 4.07. The Bertz CT molecular complexity index is 724. The second-order valence-electron chi connectivity index (χ2n) is 6.64. The Labute approximate surface area is 141 Å². The molecule has 1 aliphatic heterocycles. The summed E-state index contributed by atoms with van der Waals surface area (Å²) in [6.07, 6.45) is 4.52. The number of hydrogen-bond acceptors (Lipinski definition) is 5. The maximum absolute atomic E-state index is 12.5. The summed E-state index contributed by atoms with van der Waals surface area (Å²) in [6.45, 7) is 8.57. The van der Waals surface area contributed by atoms with Crippen molar-refractivity contribution in [3.63, 3.8) is 0 Å². The van der Waals surface area contributed by atoms with Crippen LogP contribution in [0.15, 0.2) is 23.0 Å². The van der Waals surface area contributed by atoms with Crippen molar-refractivity contribution in [3.05, 3.63) is 46.6 Å². The number of hydrogen-bond donors (Lipinski definition) is 0. The van der Waals surface area contributed by atoms with E-state index in [-0.39, 0.29) is 5.91 Å². The van der Waals surface area contributed by atoms with Crippen molar-refractivity contribution in [1.82, 2.24) is 15.0 Å². The molecule has 3 rings (SSSR count). The lowest BCUT2D eigenvalue weighted by Gasteiger charge is -2.29. The van der Waals surface area contributed by atoms with E-state index in [0.717, 1.165) is 24.2 Å². The third-order valence-corrected chi connectivity index (χ3v) is 4.07. The SMILES string of the molecule is Cc1cc(C(=O)N2CCc3c(COCC(C)C)cncc3C2)no1. The molecule has 0 atom stereocenters. The molecule has 0 bridgehead atoms. The van der Waals surface area contributed by atoms with Crippen LogP contribution >= 0.6 is 0 Å². The fourth-order valence-corrected chi connectivity index (χ4v) is 2.90. The van der Waals surface area contributed by atoms with Gasteiger partial charge in [-0.2, -0.15) is 0 Å². The van der Waals surface area contributed by atoms with Crippen molar-refractivity contribution in [2.75, 3.05) is 13.2 Å². The first kappa shape index (κ1) is 16.6. The Morgan fingerprint density at radius 3 is 2.96 bits per heavy atom. The molecule has 0 unspecified atom stereocenters. The van der Waals surface area contributed by atoms with E-state index >= 15 is 0 Å². The molecule has 0 saturated carbocycles. The first-order valence-electron chi connectivity index (χ1n) is 8.29. The number of ether oxygens (including phenoxy) is 1. The first-order valence-corrected chi connectivity index (χ1v) is 8.29. The molecule has 3 heterocycles. The van der Waals surface area contributed by atoms with Gasteiger partial charge in [0.15, 0.2) is 5.69 Å². The Morgan fingerprint density at radius 2 is 2.25 bits per heavy atom. The van der Waals surface area contributed by atoms with Crippen molar-refractivity contribution in [3.8, 4) is 0 Å². The number of amides is 1. The molecule has 0 N–H and O–H groups in total. The van der Waals surface area contributed by atoms with Crippen LogP contribution in [0.5, 0.6) is 0 Å². The van der Waals surface area contributed by atoms with Crippen molar-refractivity contribution in [2.45, 2.75) is 40.3 Å². The number of fused-ring (bicyclic) bond motifs is 1. The quantitative estimate of drug-likeness (QED) is 0.844. The molecule has 24 heavy (non-hydrogen) atoms. The molecule has 0 fully saturated rings. The normalized spacial score (nSPS) is 14.1. The van der Waals surface area contributed by atoms with Gasteiger partial charge in [-0.05, 0) is 36.0 Å². The van der Waals surface area contributed by atoms with Crippen LogP contribution in [0.1, 0.15) is 46.8 Å². The van der Waals surface area contributed by atoms with Gasteiger partial charge in [-0.25, -0.2) is 0 Å². The summed E-state index contributed by atoms with van der Waals surface area (Å²) in [5.41, 5.74) is 3.83. The summed E-state index contributed by atoms with van der Waals surface area (Å²) < 4.78 is 10.8. The fourth-order valence-electron chi connectivity index (χ4n) is 2.90. The van der Waals surface area contributed by atoms with Crippen molar-refractivity contribution in [1.29, 1.82) is 0 Å². The van der Waals surface area contributed by atoms with E-state index < -0.39 is 0 Å². The van der Waals surface area contributed by atoms with Crippen LogP contribution in [0.4, 0.5) is 0 Å². The highest BCUT2D eigenvalue weighted by molar-refractivity contribution is 5.92. The highest BCUT2D eigenvalue weighted by Crippen LogP contribution is 2.23. The van der Waals surface area contributed by atoms with Crippen LogP contribution in [0.3, 0.4) is 0 Å². The highest BCUT2D eigenvalue weighted by atomic mass is 16.5. The van der Waals surface area contributed by atoms with Crippen molar-refractivity contribution in [2.24, 2.45) is 5.92 Å². The van der Waals surface area contributed by atoms with E-state index in [9.17, 15) is 4.79 Å². The highest BCUT2D eigenvalue weighted by Gasteiger charge is 2.25. The van der Waals surface area contributed by atoms with E-state index in [1.807, 2.05) is 12.4 Å². The average Bonchev–Trinajstić information content (AvgIpc) is 3.00. The molecule has 2 aromatic heterocycles. The van der Waals surface area contributed by atoms with Crippen molar-refractivity contribution < 1.29 is 14.1 Å². The minimum atomic E-state index is -0.0982. The Kier molecular flexibility index (Phi) is 4.94. The Morgan fingerprint density at radius 1 is 1.42 bits per heavy atom. The zero-order valence-electron chi connectivity index (χ0n) is 14.4. The van der Waals surface area contributed by atoms with Gasteiger partial charge in [-0.15, -0.1) is 0 Å². The smallest absolute Gasteiger partial charge is 0.276 e. The lowest BCUT2D eigenvalue weighted by molar-refractivity contribution is 0.0720. The molecule has 1 aliphatic rings. The van der Waals surface area contributed by atoms with Crippen LogP contribution in [0.2, 0.25) is 0 Å². The van der Waals surface area contributed by atoms with Crippen LogP contribution in [0, 0.1) is 12.8 Å². The minimum absolute atomic E-state index is 0.0982. The van der Waals surface area contributed by atoms with Crippen LogP contribution in [0.25, 0.3) is 0 Å². The van der Waals surface area contributed by atoms with Gasteiger partial charge in [0.1, 0.15) is 5.76 Å². The predicted molar refractivity (Wildman–Crippen MR) is 88.4 cm³/mol. The maximum Gasteiger partial charge on any atom is 0.276 e. The average molecular weight is 329 g/mol. The molecule has 0 spiro atoms. The molecule has 0 radical (unpaired) electrons. The van der Waals surface area contributed by atoms with Crippen molar-refractivity contribution >= 4 is 5.91 Å². The summed E-state index contributed by atoms with van der Waals surface area (Å²) in [5.74, 6) is 1.05. The summed E-state index contributed by atoms with van der Waals surface area (Å²) in [5, 5.41) is 3.82. The number of carbonyl (C=O) groups excluding carboxylic acids is 1. The molecular formula is C18H23N3O3. The lowest BCUT2D eigenvalue weighted by atomic mass is 9.97. The van der Waals surface area contributed by atoms with Gasteiger partial charge in [-0.3, -0.25) is 9.78 Å². The van der Waals surface area contributed by atoms with E-state index in [0.29, 0.717) is 37.1 Å². The largest absolute Gasteiger partial charge is 0.376 e. The summed E-state index contributed by atoms with van der Waals surface area (Å²) >= 11 is 0. The van der Waals surface area contributed by atoms with Crippen LogP contribution in [-0.2, 0) is 24.3 Å². The Hall–Kier alpha value is -2.21. The number of pyridine rings is 1. The second-order valence-corrected chi connectivity index (χ2v) is 6.64. The molecule has 128 valence electrons. The molecule has 6 nitrogen and oxygen atoms in total. The second kappa shape index (κ2) is 7.13. The topological polar surface area (TPSA) is 68.5 Å². The molecule has 0 aromatic carbocycles. The number of carbonyl (C=O) groups is 1. The minimum Gasteiger partial charge on any atom is -0.376 e. The van der Waals surface area contributed by atoms with Gasteiger partial charge in [0.2, 0.25) is 0 Å². The zero-order valence-corrected chi connectivity index (χ0v) is 14.4.